The molecule has 0 aliphatic carbocycles. The average molecular weight is 196 g/mol. The minimum atomic E-state index is 0.264. The SMILES string of the molecule is CC(C)N1CCCC2NCCC2C1=O. The zero-order valence-electron chi connectivity index (χ0n) is 9.12. The Morgan fingerprint density at radius 1 is 1.43 bits per heavy atom. The van der Waals surface area contributed by atoms with Crippen LogP contribution in [0.5, 0.6) is 0 Å². The molecule has 0 bridgehead atoms. The minimum Gasteiger partial charge on any atom is -0.340 e. The first-order valence-corrected chi connectivity index (χ1v) is 5.74. The molecule has 80 valence electrons. The lowest BCUT2D eigenvalue weighted by molar-refractivity contribution is -0.136. The van der Waals surface area contributed by atoms with E-state index >= 15 is 0 Å². The molecule has 0 aromatic heterocycles. The van der Waals surface area contributed by atoms with Crippen LogP contribution >= 0.6 is 0 Å². The molecule has 2 rings (SSSR count). The normalized spacial score (nSPS) is 33.4. The van der Waals surface area contributed by atoms with Crippen LogP contribution < -0.4 is 5.32 Å². The summed E-state index contributed by atoms with van der Waals surface area (Å²) in [6, 6.07) is 0.827. The van der Waals surface area contributed by atoms with Gasteiger partial charge in [0.25, 0.3) is 0 Å². The van der Waals surface area contributed by atoms with Gasteiger partial charge >= 0.3 is 0 Å². The Hall–Kier alpha value is -0.570. The summed E-state index contributed by atoms with van der Waals surface area (Å²) in [5.74, 6) is 0.646. The van der Waals surface area contributed by atoms with Gasteiger partial charge in [0.1, 0.15) is 0 Å². The van der Waals surface area contributed by atoms with Crippen molar-refractivity contribution in [3.63, 3.8) is 0 Å². The fourth-order valence-electron chi connectivity index (χ4n) is 2.68. The molecule has 2 unspecified atom stereocenters. The number of rotatable bonds is 1. The number of hydrogen-bond donors (Lipinski definition) is 1. The second-order valence-electron chi connectivity index (χ2n) is 4.72. The Morgan fingerprint density at radius 3 is 2.93 bits per heavy atom. The van der Waals surface area contributed by atoms with Gasteiger partial charge in [-0.2, -0.15) is 0 Å². The van der Waals surface area contributed by atoms with Crippen molar-refractivity contribution < 1.29 is 4.79 Å². The molecule has 2 fully saturated rings. The van der Waals surface area contributed by atoms with Gasteiger partial charge in [0.05, 0.1) is 5.92 Å². The summed E-state index contributed by atoms with van der Waals surface area (Å²) in [5.41, 5.74) is 0. The summed E-state index contributed by atoms with van der Waals surface area (Å²) in [4.78, 5) is 14.2. The Labute approximate surface area is 85.8 Å². The monoisotopic (exact) mass is 196 g/mol. The van der Waals surface area contributed by atoms with Crippen molar-refractivity contribution >= 4 is 5.91 Å². The zero-order chi connectivity index (χ0) is 10.1. The molecular weight excluding hydrogens is 176 g/mol. The van der Waals surface area contributed by atoms with Crippen molar-refractivity contribution in [2.24, 2.45) is 5.92 Å². The van der Waals surface area contributed by atoms with Crippen LogP contribution in [0.1, 0.15) is 33.1 Å². The second kappa shape index (κ2) is 3.89. The molecule has 0 aromatic carbocycles. The molecule has 0 saturated carbocycles. The van der Waals surface area contributed by atoms with Gasteiger partial charge in [-0.1, -0.05) is 0 Å². The minimum absolute atomic E-state index is 0.264. The first-order chi connectivity index (χ1) is 6.70. The lowest BCUT2D eigenvalue weighted by Crippen LogP contribution is -2.41. The van der Waals surface area contributed by atoms with Gasteiger partial charge in [0, 0.05) is 18.6 Å². The van der Waals surface area contributed by atoms with E-state index in [9.17, 15) is 4.79 Å². The van der Waals surface area contributed by atoms with Crippen LogP contribution in [0.25, 0.3) is 0 Å². The van der Waals surface area contributed by atoms with Crippen LogP contribution in [0.2, 0.25) is 0 Å². The smallest absolute Gasteiger partial charge is 0.227 e. The third kappa shape index (κ3) is 1.65. The fraction of sp³-hybridized carbons (Fsp3) is 0.909. The van der Waals surface area contributed by atoms with Crippen molar-refractivity contribution in [2.45, 2.75) is 45.2 Å². The quantitative estimate of drug-likeness (QED) is 0.678. The molecule has 2 aliphatic rings. The lowest BCUT2D eigenvalue weighted by atomic mass is 9.97. The number of carbonyl (C=O) groups is 1. The van der Waals surface area contributed by atoms with Gasteiger partial charge in [-0.15, -0.1) is 0 Å². The van der Waals surface area contributed by atoms with Gasteiger partial charge in [0.2, 0.25) is 5.91 Å². The molecule has 0 spiro atoms. The summed E-state index contributed by atoms with van der Waals surface area (Å²) in [7, 11) is 0. The molecular formula is C11H20N2O. The largest absolute Gasteiger partial charge is 0.340 e. The Kier molecular flexibility index (Phi) is 2.77. The van der Waals surface area contributed by atoms with Gasteiger partial charge in [-0.25, -0.2) is 0 Å². The Bertz CT molecular complexity index is 223. The third-order valence-electron chi connectivity index (χ3n) is 3.49. The van der Waals surface area contributed by atoms with E-state index in [0.29, 0.717) is 18.0 Å². The highest BCUT2D eigenvalue weighted by molar-refractivity contribution is 5.80. The summed E-state index contributed by atoms with van der Waals surface area (Å²) in [6.07, 6.45) is 3.35. The number of fused-ring (bicyclic) bond motifs is 1. The molecule has 2 atom stereocenters. The van der Waals surface area contributed by atoms with Crippen LogP contribution in [-0.4, -0.2) is 36.0 Å². The van der Waals surface area contributed by atoms with Crippen LogP contribution in [0.15, 0.2) is 0 Å². The van der Waals surface area contributed by atoms with Crippen molar-refractivity contribution in [1.82, 2.24) is 10.2 Å². The highest BCUT2D eigenvalue weighted by Gasteiger charge is 2.37. The highest BCUT2D eigenvalue weighted by Crippen LogP contribution is 2.26. The predicted molar refractivity (Wildman–Crippen MR) is 56.0 cm³/mol. The van der Waals surface area contributed by atoms with E-state index < -0.39 is 0 Å². The number of nitrogens with one attached hydrogen (secondary N) is 1. The molecule has 1 N–H and O–H groups in total. The third-order valence-corrected chi connectivity index (χ3v) is 3.49. The maximum absolute atomic E-state index is 12.2. The fourth-order valence-corrected chi connectivity index (χ4v) is 2.68. The molecule has 2 aliphatic heterocycles. The van der Waals surface area contributed by atoms with E-state index in [-0.39, 0.29) is 5.92 Å². The van der Waals surface area contributed by atoms with Gasteiger partial charge in [-0.05, 0) is 39.7 Å². The summed E-state index contributed by atoms with van der Waals surface area (Å²) in [5, 5.41) is 3.44. The summed E-state index contributed by atoms with van der Waals surface area (Å²) < 4.78 is 0. The lowest BCUT2D eigenvalue weighted by Gasteiger charge is -2.27. The molecule has 2 heterocycles. The van der Waals surface area contributed by atoms with E-state index in [0.717, 1.165) is 25.9 Å². The molecule has 3 heteroatoms. The van der Waals surface area contributed by atoms with Crippen molar-refractivity contribution in [3.05, 3.63) is 0 Å². The highest BCUT2D eigenvalue weighted by atomic mass is 16.2. The van der Waals surface area contributed by atoms with E-state index in [2.05, 4.69) is 24.1 Å². The summed E-state index contributed by atoms with van der Waals surface area (Å²) in [6.45, 7) is 6.19. The number of likely N-dealkylation sites (tertiary alicyclic amines) is 1. The Balaban J connectivity index is 2.13. The zero-order valence-corrected chi connectivity index (χ0v) is 9.12. The molecule has 14 heavy (non-hydrogen) atoms. The molecule has 0 aromatic rings. The van der Waals surface area contributed by atoms with Crippen molar-refractivity contribution in [1.29, 1.82) is 0 Å². The van der Waals surface area contributed by atoms with Crippen LogP contribution in [-0.2, 0) is 4.79 Å². The van der Waals surface area contributed by atoms with E-state index in [4.69, 9.17) is 0 Å². The van der Waals surface area contributed by atoms with E-state index in [1.807, 2.05) is 0 Å². The van der Waals surface area contributed by atoms with Crippen molar-refractivity contribution in [2.75, 3.05) is 13.1 Å². The van der Waals surface area contributed by atoms with Crippen LogP contribution in [0.3, 0.4) is 0 Å². The first kappa shape index (κ1) is 9.97. The number of carbonyl (C=O) groups excluding carboxylic acids is 1. The molecule has 1 amide bonds. The maximum atomic E-state index is 12.2. The van der Waals surface area contributed by atoms with Gasteiger partial charge in [-0.3, -0.25) is 4.79 Å². The molecule has 3 nitrogen and oxygen atoms in total. The predicted octanol–water partition coefficient (Wildman–Crippen LogP) is 0.995. The molecule has 2 saturated heterocycles. The van der Waals surface area contributed by atoms with E-state index in [1.54, 1.807) is 0 Å². The maximum Gasteiger partial charge on any atom is 0.227 e. The van der Waals surface area contributed by atoms with Gasteiger partial charge < -0.3 is 10.2 Å². The summed E-state index contributed by atoms with van der Waals surface area (Å²) >= 11 is 0. The number of amides is 1. The van der Waals surface area contributed by atoms with Crippen LogP contribution in [0, 0.1) is 5.92 Å². The standard InChI is InChI=1S/C11H20N2O/c1-8(2)13-7-3-4-10-9(11(13)14)5-6-12-10/h8-10,12H,3-7H2,1-2H3. The van der Waals surface area contributed by atoms with E-state index in [1.165, 1.54) is 6.42 Å². The second-order valence-corrected chi connectivity index (χ2v) is 4.72. The first-order valence-electron chi connectivity index (χ1n) is 5.74. The Morgan fingerprint density at radius 2 is 2.21 bits per heavy atom. The van der Waals surface area contributed by atoms with Gasteiger partial charge in [0.15, 0.2) is 0 Å². The van der Waals surface area contributed by atoms with Crippen LogP contribution in [0.4, 0.5) is 0 Å². The number of hydrogen-bond acceptors (Lipinski definition) is 2. The van der Waals surface area contributed by atoms with Crippen molar-refractivity contribution in [3.8, 4) is 0 Å². The topological polar surface area (TPSA) is 32.3 Å². The molecule has 0 radical (unpaired) electrons. The number of nitrogens with zero attached hydrogens (tertiary/aromatic N) is 1. The average Bonchev–Trinajstić information content (AvgIpc) is 2.53.